The molecule has 1 heterocycles. The fourth-order valence-electron chi connectivity index (χ4n) is 5.36. The molecule has 0 spiro atoms. The van der Waals surface area contributed by atoms with Crippen molar-refractivity contribution in [2.24, 2.45) is 0 Å². The third kappa shape index (κ3) is 11.1. The number of unbranched alkanes of at least 4 members (excludes halogenated alkanes) is 10. The molecule has 0 fully saturated rings. The third-order valence-electron chi connectivity index (χ3n) is 8.05. The summed E-state index contributed by atoms with van der Waals surface area (Å²) in [5, 5.41) is 9.74. The molecule has 0 aliphatic rings. The van der Waals surface area contributed by atoms with Gasteiger partial charge in [-0.25, -0.2) is 28.3 Å². The van der Waals surface area contributed by atoms with Crippen LogP contribution in [0.5, 0.6) is 0 Å². The van der Waals surface area contributed by atoms with Gasteiger partial charge in [0.1, 0.15) is 11.6 Å². The van der Waals surface area contributed by atoms with Gasteiger partial charge in [0.05, 0.1) is 16.7 Å². The number of hydrogen-bond donors (Lipinski definition) is 1. The van der Waals surface area contributed by atoms with Crippen molar-refractivity contribution in [2.45, 2.75) is 116 Å². The molecule has 47 heavy (non-hydrogen) atoms. The van der Waals surface area contributed by atoms with Gasteiger partial charge in [0.15, 0.2) is 11.9 Å². The number of rotatable bonds is 19. The van der Waals surface area contributed by atoms with Crippen LogP contribution >= 0.6 is 0 Å². The van der Waals surface area contributed by atoms with Crippen LogP contribution in [0.2, 0.25) is 0 Å². The molecule has 11 heteroatoms. The molecule has 0 radical (unpaired) electrons. The molecule has 0 amide bonds. The first-order valence-corrected chi connectivity index (χ1v) is 16.4. The summed E-state index contributed by atoms with van der Waals surface area (Å²) in [6.07, 6.45) is 7.42. The molecule has 3 rings (SSSR count). The van der Waals surface area contributed by atoms with Crippen molar-refractivity contribution in [1.82, 2.24) is 9.97 Å². The van der Waals surface area contributed by atoms with E-state index >= 15 is 8.78 Å². The zero-order valence-electron chi connectivity index (χ0n) is 27.0. The second-order valence-electron chi connectivity index (χ2n) is 11.8. The lowest BCUT2D eigenvalue weighted by molar-refractivity contribution is -0.206. The second-order valence-corrected chi connectivity index (χ2v) is 11.8. The monoisotopic (exact) mass is 662 g/mol. The number of benzene rings is 2. The molecule has 6 nitrogen and oxygen atoms in total. The van der Waals surface area contributed by atoms with Gasteiger partial charge in [-0.3, -0.25) is 0 Å². The average Bonchev–Trinajstić information content (AvgIpc) is 3.03. The Balaban J connectivity index is 1.80. The van der Waals surface area contributed by atoms with Gasteiger partial charge in [0.25, 0.3) is 0 Å². The Morgan fingerprint density at radius 1 is 0.809 bits per heavy atom. The maximum absolute atomic E-state index is 15.9. The van der Waals surface area contributed by atoms with Gasteiger partial charge in [0, 0.05) is 23.5 Å². The fraction of sp³-hybridized carbons (Fsp3) is 0.500. The van der Waals surface area contributed by atoms with E-state index in [2.05, 4.69) is 16.9 Å². The lowest BCUT2D eigenvalue weighted by atomic mass is 9.94. The van der Waals surface area contributed by atoms with Crippen molar-refractivity contribution in [3.8, 4) is 22.5 Å². The molecule has 256 valence electrons. The predicted octanol–water partition coefficient (Wildman–Crippen LogP) is 10.5. The Bertz CT molecular complexity index is 1460. The van der Waals surface area contributed by atoms with Crippen molar-refractivity contribution in [3.05, 3.63) is 71.1 Å². The van der Waals surface area contributed by atoms with E-state index < -0.39 is 64.5 Å². The van der Waals surface area contributed by atoms with E-state index in [1.807, 2.05) is 6.92 Å². The normalized spacial score (nSPS) is 12.2. The highest BCUT2D eigenvalue weighted by atomic mass is 19.4. The van der Waals surface area contributed by atoms with Gasteiger partial charge < -0.3 is 9.84 Å². The van der Waals surface area contributed by atoms with E-state index in [0.29, 0.717) is 12.5 Å². The van der Waals surface area contributed by atoms with Crippen molar-refractivity contribution in [3.63, 3.8) is 0 Å². The van der Waals surface area contributed by atoms with Gasteiger partial charge in [-0.05, 0) is 55.5 Å². The zero-order valence-corrected chi connectivity index (χ0v) is 27.0. The Morgan fingerprint density at radius 2 is 1.38 bits per heavy atom. The van der Waals surface area contributed by atoms with Crippen LogP contribution in [-0.4, -0.2) is 39.3 Å². The van der Waals surface area contributed by atoms with Crippen LogP contribution in [0.25, 0.3) is 22.5 Å². The minimum Gasteiger partial charge on any atom is -0.478 e. The van der Waals surface area contributed by atoms with Crippen molar-refractivity contribution < 1.29 is 41.4 Å². The minimum atomic E-state index is -4.81. The van der Waals surface area contributed by atoms with Crippen molar-refractivity contribution in [1.29, 1.82) is 0 Å². The first-order valence-electron chi connectivity index (χ1n) is 16.4. The van der Waals surface area contributed by atoms with E-state index in [1.54, 1.807) is 12.4 Å². The standard InChI is InChI=1S/C36H43F5N2O4/c1-3-5-7-9-11-13-15-24-22-42-33(43-23-24)28-20-19-27(34(44)45)31(32(28)38)26-18-17-25(21-29(26)37)35(46)47-30(36(39,40)41)16-14-12-10-8-6-4-2/h17-23,30H,3-16H2,1-2H3,(H,44,45). The van der Waals surface area contributed by atoms with E-state index in [1.165, 1.54) is 25.3 Å². The molecule has 0 saturated heterocycles. The van der Waals surface area contributed by atoms with Crippen LogP contribution in [0.15, 0.2) is 42.7 Å². The lowest BCUT2D eigenvalue weighted by Crippen LogP contribution is -2.33. The topological polar surface area (TPSA) is 89.4 Å². The number of aryl methyl sites for hydroxylation is 1. The first-order chi connectivity index (χ1) is 22.5. The maximum Gasteiger partial charge on any atom is 0.425 e. The van der Waals surface area contributed by atoms with Gasteiger partial charge in [0.2, 0.25) is 0 Å². The summed E-state index contributed by atoms with van der Waals surface area (Å²) in [5.41, 5.74) is -1.50. The number of aromatic nitrogens is 2. The van der Waals surface area contributed by atoms with Crippen molar-refractivity contribution >= 4 is 11.9 Å². The number of alkyl halides is 3. The van der Waals surface area contributed by atoms with Crippen molar-refractivity contribution in [2.75, 3.05) is 0 Å². The quantitative estimate of drug-likeness (QED) is 0.0781. The van der Waals surface area contributed by atoms with Crippen LogP contribution in [0, 0.1) is 11.6 Å². The number of carboxylic acids is 1. The minimum absolute atomic E-state index is 0.0310. The summed E-state index contributed by atoms with van der Waals surface area (Å²) in [6.45, 7) is 4.18. The Hall–Kier alpha value is -3.89. The average molecular weight is 663 g/mol. The number of nitrogens with zero attached hydrogens (tertiary/aromatic N) is 2. The molecule has 3 aromatic rings. The van der Waals surface area contributed by atoms with E-state index in [9.17, 15) is 27.9 Å². The number of esters is 1. The molecule has 0 aliphatic heterocycles. The Labute approximate surface area is 272 Å². The fourth-order valence-corrected chi connectivity index (χ4v) is 5.36. The third-order valence-corrected chi connectivity index (χ3v) is 8.05. The van der Waals surface area contributed by atoms with Gasteiger partial charge in [-0.1, -0.05) is 84.1 Å². The number of carboxylic acid groups (broad SMARTS) is 1. The molecule has 0 saturated carbocycles. The molecule has 1 aromatic heterocycles. The number of hydrogen-bond acceptors (Lipinski definition) is 5. The van der Waals surface area contributed by atoms with Crippen LogP contribution in [0.4, 0.5) is 22.0 Å². The van der Waals surface area contributed by atoms with Crippen LogP contribution in [-0.2, 0) is 11.2 Å². The highest BCUT2D eigenvalue weighted by molar-refractivity contribution is 5.98. The van der Waals surface area contributed by atoms with E-state index in [0.717, 1.165) is 75.1 Å². The summed E-state index contributed by atoms with van der Waals surface area (Å²) >= 11 is 0. The molecule has 2 aromatic carbocycles. The molecular weight excluding hydrogens is 619 g/mol. The molecular formula is C36H43F5N2O4. The molecule has 0 aliphatic carbocycles. The maximum atomic E-state index is 15.9. The highest BCUT2D eigenvalue weighted by Crippen LogP contribution is 2.35. The summed E-state index contributed by atoms with van der Waals surface area (Å²) < 4.78 is 76.9. The smallest absolute Gasteiger partial charge is 0.425 e. The summed E-state index contributed by atoms with van der Waals surface area (Å²) in [7, 11) is 0. The first kappa shape index (κ1) is 37.6. The van der Waals surface area contributed by atoms with Gasteiger partial charge >= 0.3 is 18.1 Å². The largest absolute Gasteiger partial charge is 0.478 e. The summed E-state index contributed by atoms with van der Waals surface area (Å²) in [4.78, 5) is 33.1. The zero-order chi connectivity index (χ0) is 34.4. The summed E-state index contributed by atoms with van der Waals surface area (Å²) in [6, 6.07) is 4.82. The number of carbonyl (C=O) groups excluding carboxylic acids is 1. The Kier molecular flexibility index (Phi) is 14.7. The molecule has 0 bridgehead atoms. The van der Waals surface area contributed by atoms with E-state index in [-0.39, 0.29) is 17.8 Å². The predicted molar refractivity (Wildman–Crippen MR) is 170 cm³/mol. The SMILES string of the molecule is CCCCCCCCc1cnc(-c2ccc(C(=O)O)c(-c3ccc(C(=O)OC(CCCCCCCC)C(F)(F)F)cc3F)c2F)nc1. The lowest BCUT2D eigenvalue weighted by Gasteiger charge is -2.21. The number of halogens is 5. The van der Waals surface area contributed by atoms with Crippen LogP contribution < -0.4 is 0 Å². The summed E-state index contributed by atoms with van der Waals surface area (Å²) in [5.74, 6) is -5.28. The number of aromatic carboxylic acids is 1. The molecule has 1 atom stereocenters. The Morgan fingerprint density at radius 3 is 1.96 bits per heavy atom. The number of ether oxygens (including phenoxy) is 1. The highest BCUT2D eigenvalue weighted by Gasteiger charge is 2.42. The van der Waals surface area contributed by atoms with Gasteiger partial charge in [-0.15, -0.1) is 0 Å². The van der Waals surface area contributed by atoms with Gasteiger partial charge in [-0.2, -0.15) is 13.2 Å². The van der Waals surface area contributed by atoms with E-state index in [4.69, 9.17) is 4.74 Å². The molecule has 1 N–H and O–H groups in total. The number of carbonyl (C=O) groups is 2. The second kappa shape index (κ2) is 18.4. The van der Waals surface area contributed by atoms with Crippen LogP contribution in [0.3, 0.4) is 0 Å². The molecule has 1 unspecified atom stereocenters. The van der Waals surface area contributed by atoms with Crippen LogP contribution in [0.1, 0.15) is 124 Å².